The van der Waals surface area contributed by atoms with Gasteiger partial charge in [0.15, 0.2) is 11.5 Å². The molecule has 0 radical (unpaired) electrons. The van der Waals surface area contributed by atoms with Crippen LogP contribution in [0.1, 0.15) is 56.3 Å². The van der Waals surface area contributed by atoms with Crippen LogP contribution in [0.3, 0.4) is 0 Å². The van der Waals surface area contributed by atoms with Gasteiger partial charge >= 0.3 is 0 Å². The van der Waals surface area contributed by atoms with Crippen molar-refractivity contribution < 1.29 is 14.3 Å². The van der Waals surface area contributed by atoms with E-state index < -0.39 is 0 Å². The SMILES string of the molecule is CC(C)c1ccc([C@H](NCC(=O)NCc2ccc3c(c2)OCO3)C(C)C)cc1. The minimum absolute atomic E-state index is 0.0258. The molecule has 2 aromatic carbocycles. The molecule has 0 aromatic heterocycles. The zero-order valence-electron chi connectivity index (χ0n) is 17.1. The monoisotopic (exact) mass is 382 g/mol. The number of amides is 1. The summed E-state index contributed by atoms with van der Waals surface area (Å²) in [5.41, 5.74) is 3.53. The van der Waals surface area contributed by atoms with Crippen LogP contribution in [0.2, 0.25) is 0 Å². The zero-order chi connectivity index (χ0) is 20.1. The van der Waals surface area contributed by atoms with Gasteiger partial charge in [-0.2, -0.15) is 0 Å². The molecule has 5 heteroatoms. The molecular formula is C23H30N2O3. The van der Waals surface area contributed by atoms with Crippen molar-refractivity contribution >= 4 is 5.91 Å². The van der Waals surface area contributed by atoms with Crippen LogP contribution >= 0.6 is 0 Å². The van der Waals surface area contributed by atoms with Crippen LogP contribution in [0.4, 0.5) is 0 Å². The van der Waals surface area contributed by atoms with Gasteiger partial charge in [0.25, 0.3) is 0 Å². The Morgan fingerprint density at radius 1 is 0.964 bits per heavy atom. The van der Waals surface area contributed by atoms with Crippen molar-refractivity contribution in [2.24, 2.45) is 5.92 Å². The highest BCUT2D eigenvalue weighted by Crippen LogP contribution is 2.32. The quantitative estimate of drug-likeness (QED) is 0.720. The van der Waals surface area contributed by atoms with Crippen LogP contribution in [0, 0.1) is 5.92 Å². The van der Waals surface area contributed by atoms with E-state index in [1.54, 1.807) is 0 Å². The van der Waals surface area contributed by atoms with Gasteiger partial charge in [0.05, 0.1) is 6.54 Å². The average molecular weight is 383 g/mol. The molecule has 1 aliphatic heterocycles. The highest BCUT2D eigenvalue weighted by molar-refractivity contribution is 5.78. The van der Waals surface area contributed by atoms with Gasteiger partial charge in [-0.25, -0.2) is 0 Å². The third-order valence-corrected chi connectivity index (χ3v) is 5.04. The molecule has 3 rings (SSSR count). The maximum Gasteiger partial charge on any atom is 0.234 e. The normalized spacial score (nSPS) is 13.8. The van der Waals surface area contributed by atoms with Crippen molar-refractivity contribution in [3.63, 3.8) is 0 Å². The predicted molar refractivity (Wildman–Crippen MR) is 111 cm³/mol. The standard InChI is InChI=1S/C23H30N2O3/c1-15(2)18-6-8-19(9-7-18)23(16(3)4)25-13-22(26)24-12-17-5-10-20-21(11-17)28-14-27-20/h5-11,15-16,23,25H,12-14H2,1-4H3,(H,24,26)/t23-/m1/s1. The van der Waals surface area contributed by atoms with E-state index in [4.69, 9.17) is 9.47 Å². The molecule has 0 saturated carbocycles. The van der Waals surface area contributed by atoms with Gasteiger partial charge in [-0.15, -0.1) is 0 Å². The van der Waals surface area contributed by atoms with E-state index in [2.05, 4.69) is 62.6 Å². The number of fused-ring (bicyclic) bond motifs is 1. The number of ether oxygens (including phenoxy) is 2. The fourth-order valence-corrected chi connectivity index (χ4v) is 3.34. The van der Waals surface area contributed by atoms with Gasteiger partial charge in [-0.1, -0.05) is 58.0 Å². The topological polar surface area (TPSA) is 59.6 Å². The third kappa shape index (κ3) is 5.04. The molecule has 0 aliphatic carbocycles. The van der Waals surface area contributed by atoms with Gasteiger partial charge in [0.2, 0.25) is 12.7 Å². The first-order valence-corrected chi connectivity index (χ1v) is 9.92. The van der Waals surface area contributed by atoms with Crippen molar-refractivity contribution in [3.05, 3.63) is 59.2 Å². The molecule has 150 valence electrons. The van der Waals surface area contributed by atoms with E-state index >= 15 is 0 Å². The molecule has 1 amide bonds. The van der Waals surface area contributed by atoms with Gasteiger partial charge in [-0.3, -0.25) is 4.79 Å². The molecule has 5 nitrogen and oxygen atoms in total. The largest absolute Gasteiger partial charge is 0.454 e. The smallest absolute Gasteiger partial charge is 0.234 e. The molecule has 28 heavy (non-hydrogen) atoms. The van der Waals surface area contributed by atoms with Gasteiger partial charge in [0, 0.05) is 12.6 Å². The lowest BCUT2D eigenvalue weighted by Crippen LogP contribution is -2.37. The van der Waals surface area contributed by atoms with Gasteiger partial charge in [-0.05, 0) is 40.7 Å². The first-order valence-electron chi connectivity index (χ1n) is 9.92. The first-order chi connectivity index (χ1) is 13.4. The second kappa shape index (κ2) is 9.11. The summed E-state index contributed by atoms with van der Waals surface area (Å²) in [7, 11) is 0. The zero-order valence-corrected chi connectivity index (χ0v) is 17.1. The summed E-state index contributed by atoms with van der Waals surface area (Å²) in [6.45, 7) is 9.71. The Hall–Kier alpha value is -2.53. The van der Waals surface area contributed by atoms with Crippen LogP contribution < -0.4 is 20.1 Å². The Morgan fingerprint density at radius 3 is 2.32 bits per heavy atom. The second-order valence-corrected chi connectivity index (χ2v) is 7.89. The van der Waals surface area contributed by atoms with E-state index in [9.17, 15) is 4.79 Å². The van der Waals surface area contributed by atoms with Crippen molar-refractivity contribution in [3.8, 4) is 11.5 Å². The predicted octanol–water partition coefficient (Wildman–Crippen LogP) is 4.14. The summed E-state index contributed by atoms with van der Waals surface area (Å²) in [4.78, 5) is 12.3. The highest BCUT2D eigenvalue weighted by atomic mass is 16.7. The fourth-order valence-electron chi connectivity index (χ4n) is 3.34. The number of nitrogens with one attached hydrogen (secondary N) is 2. The molecule has 1 atom stereocenters. The molecule has 2 N–H and O–H groups in total. The van der Waals surface area contributed by atoms with E-state index in [0.29, 0.717) is 18.4 Å². The number of rotatable bonds is 8. The van der Waals surface area contributed by atoms with E-state index in [1.807, 2.05) is 18.2 Å². The summed E-state index contributed by atoms with van der Waals surface area (Å²) in [5, 5.41) is 6.37. The number of carbonyl (C=O) groups is 1. The van der Waals surface area contributed by atoms with Crippen LogP contribution in [0.25, 0.3) is 0 Å². The summed E-state index contributed by atoms with van der Waals surface area (Å²) < 4.78 is 10.7. The van der Waals surface area contributed by atoms with Crippen molar-refractivity contribution in [2.45, 2.75) is 46.2 Å². The molecule has 1 heterocycles. The molecule has 1 aliphatic rings. The minimum atomic E-state index is -0.0258. The molecule has 0 unspecified atom stereocenters. The van der Waals surface area contributed by atoms with Crippen LogP contribution in [-0.4, -0.2) is 19.2 Å². The Labute approximate surface area is 167 Å². The summed E-state index contributed by atoms with van der Waals surface area (Å²) in [6.07, 6.45) is 0. The first kappa shape index (κ1) is 20.2. The van der Waals surface area contributed by atoms with Crippen LogP contribution in [0.15, 0.2) is 42.5 Å². The van der Waals surface area contributed by atoms with Crippen molar-refractivity contribution in [2.75, 3.05) is 13.3 Å². The van der Waals surface area contributed by atoms with Gasteiger partial charge in [0.1, 0.15) is 0 Å². The van der Waals surface area contributed by atoms with Crippen LogP contribution in [-0.2, 0) is 11.3 Å². The summed E-state index contributed by atoms with van der Waals surface area (Å²) in [6, 6.07) is 14.5. The Morgan fingerprint density at radius 2 is 1.64 bits per heavy atom. The third-order valence-electron chi connectivity index (χ3n) is 5.04. The minimum Gasteiger partial charge on any atom is -0.454 e. The van der Waals surface area contributed by atoms with Crippen molar-refractivity contribution in [1.29, 1.82) is 0 Å². The van der Waals surface area contributed by atoms with Crippen LogP contribution in [0.5, 0.6) is 11.5 Å². The highest BCUT2D eigenvalue weighted by Gasteiger charge is 2.17. The number of hydrogen-bond acceptors (Lipinski definition) is 4. The number of carbonyl (C=O) groups excluding carboxylic acids is 1. The number of hydrogen-bond donors (Lipinski definition) is 2. The molecule has 0 fully saturated rings. The molecule has 2 aromatic rings. The van der Waals surface area contributed by atoms with E-state index in [1.165, 1.54) is 11.1 Å². The maximum absolute atomic E-state index is 12.3. The van der Waals surface area contributed by atoms with E-state index in [0.717, 1.165) is 17.1 Å². The molecule has 0 bridgehead atoms. The van der Waals surface area contributed by atoms with Gasteiger partial charge < -0.3 is 20.1 Å². The Bertz CT molecular complexity index is 800. The number of benzene rings is 2. The Balaban J connectivity index is 1.52. The molecule has 0 spiro atoms. The molecular weight excluding hydrogens is 352 g/mol. The lowest BCUT2D eigenvalue weighted by atomic mass is 9.93. The summed E-state index contributed by atoms with van der Waals surface area (Å²) >= 11 is 0. The maximum atomic E-state index is 12.3. The lowest BCUT2D eigenvalue weighted by Gasteiger charge is -2.23. The average Bonchev–Trinajstić information content (AvgIpc) is 3.14. The lowest BCUT2D eigenvalue weighted by molar-refractivity contribution is -0.120. The Kier molecular flexibility index (Phi) is 6.57. The fraction of sp³-hybridized carbons (Fsp3) is 0.435. The summed E-state index contributed by atoms with van der Waals surface area (Å²) in [5.74, 6) is 2.35. The van der Waals surface area contributed by atoms with Crippen molar-refractivity contribution in [1.82, 2.24) is 10.6 Å². The van der Waals surface area contributed by atoms with E-state index in [-0.39, 0.29) is 25.3 Å². The molecule has 0 saturated heterocycles. The second-order valence-electron chi connectivity index (χ2n) is 7.89.